The molecule has 168 valence electrons. The van der Waals surface area contributed by atoms with Gasteiger partial charge in [-0.1, -0.05) is 13.0 Å². The number of amides is 1. The summed E-state index contributed by atoms with van der Waals surface area (Å²) < 4.78 is 0. The molecule has 0 atom stereocenters. The lowest BCUT2D eigenvalue weighted by Crippen LogP contribution is -2.49. The molecule has 2 aliphatic rings. The average molecular weight is 425 g/mol. The van der Waals surface area contributed by atoms with Crippen LogP contribution in [0.1, 0.15) is 55.5 Å². The van der Waals surface area contributed by atoms with E-state index in [-0.39, 0.29) is 11.8 Å². The Morgan fingerprint density at radius 1 is 1.16 bits per heavy atom. The van der Waals surface area contributed by atoms with Crippen molar-refractivity contribution in [2.45, 2.75) is 65.1 Å². The molecule has 0 unspecified atom stereocenters. The summed E-state index contributed by atoms with van der Waals surface area (Å²) in [7, 11) is 0. The van der Waals surface area contributed by atoms with Crippen molar-refractivity contribution in [3.05, 3.63) is 47.3 Å². The zero-order chi connectivity index (χ0) is 21.6. The Kier molecular flexibility index (Phi) is 7.35. The Hall–Kier alpha value is -2.25. The first-order valence-corrected chi connectivity index (χ1v) is 11.8. The van der Waals surface area contributed by atoms with Crippen molar-refractivity contribution >= 4 is 5.91 Å². The number of aryl methyl sites for hydroxylation is 2. The molecule has 4 rings (SSSR count). The SMILES string of the molecule is CCc1nc(CN2CCC(N3CCC(C(=O)NCc4ccccn4)CC3)CC2)c(C)[nH]1. The van der Waals surface area contributed by atoms with Gasteiger partial charge in [0.2, 0.25) is 5.91 Å². The van der Waals surface area contributed by atoms with Gasteiger partial charge in [0.15, 0.2) is 0 Å². The maximum absolute atomic E-state index is 12.5. The van der Waals surface area contributed by atoms with Crippen molar-refractivity contribution < 1.29 is 4.79 Å². The van der Waals surface area contributed by atoms with E-state index in [2.05, 4.69) is 38.9 Å². The van der Waals surface area contributed by atoms with E-state index in [1.165, 1.54) is 24.2 Å². The van der Waals surface area contributed by atoms with Gasteiger partial charge in [0.05, 0.1) is 17.9 Å². The molecular weight excluding hydrogens is 388 g/mol. The smallest absolute Gasteiger partial charge is 0.223 e. The van der Waals surface area contributed by atoms with Crippen LogP contribution >= 0.6 is 0 Å². The molecule has 0 saturated carbocycles. The fourth-order valence-electron chi connectivity index (χ4n) is 4.89. The first kappa shape index (κ1) is 22.0. The van der Waals surface area contributed by atoms with Gasteiger partial charge in [-0.15, -0.1) is 0 Å². The summed E-state index contributed by atoms with van der Waals surface area (Å²) >= 11 is 0. The number of aromatic nitrogens is 3. The number of likely N-dealkylation sites (tertiary alicyclic amines) is 2. The fraction of sp³-hybridized carbons (Fsp3) is 0.625. The second-order valence-electron chi connectivity index (χ2n) is 8.97. The number of carbonyl (C=O) groups excluding carboxylic acids is 1. The molecule has 2 aromatic rings. The molecule has 7 nitrogen and oxygen atoms in total. The van der Waals surface area contributed by atoms with E-state index >= 15 is 0 Å². The highest BCUT2D eigenvalue weighted by Crippen LogP contribution is 2.25. The summed E-state index contributed by atoms with van der Waals surface area (Å²) in [6.07, 6.45) is 7.06. The molecule has 0 aromatic carbocycles. The summed E-state index contributed by atoms with van der Waals surface area (Å²) in [5.74, 6) is 1.41. The molecule has 2 aliphatic heterocycles. The monoisotopic (exact) mass is 424 g/mol. The van der Waals surface area contributed by atoms with Crippen molar-refractivity contribution in [2.75, 3.05) is 26.2 Å². The van der Waals surface area contributed by atoms with Crippen LogP contribution in [-0.4, -0.2) is 62.9 Å². The highest BCUT2D eigenvalue weighted by Gasteiger charge is 2.30. The summed E-state index contributed by atoms with van der Waals surface area (Å²) in [5.41, 5.74) is 3.33. The maximum Gasteiger partial charge on any atom is 0.223 e. The zero-order valence-corrected chi connectivity index (χ0v) is 18.9. The molecule has 2 fully saturated rings. The van der Waals surface area contributed by atoms with Crippen LogP contribution in [0.4, 0.5) is 0 Å². The molecule has 0 bridgehead atoms. The van der Waals surface area contributed by atoms with Crippen molar-refractivity contribution in [3.63, 3.8) is 0 Å². The number of nitrogens with one attached hydrogen (secondary N) is 2. The molecule has 4 heterocycles. The Morgan fingerprint density at radius 2 is 1.94 bits per heavy atom. The second-order valence-corrected chi connectivity index (χ2v) is 8.97. The van der Waals surface area contributed by atoms with Crippen LogP contribution in [-0.2, 0) is 24.3 Å². The number of rotatable bonds is 7. The molecular formula is C24H36N6O. The van der Waals surface area contributed by atoms with Gasteiger partial charge in [0, 0.05) is 49.9 Å². The van der Waals surface area contributed by atoms with Crippen LogP contribution in [0.5, 0.6) is 0 Å². The largest absolute Gasteiger partial charge is 0.350 e. The molecule has 2 aromatic heterocycles. The van der Waals surface area contributed by atoms with Crippen molar-refractivity contribution in [3.8, 4) is 0 Å². The van der Waals surface area contributed by atoms with E-state index in [4.69, 9.17) is 4.98 Å². The van der Waals surface area contributed by atoms with E-state index in [1.807, 2.05) is 18.2 Å². The van der Waals surface area contributed by atoms with Crippen molar-refractivity contribution in [1.82, 2.24) is 30.1 Å². The predicted octanol–water partition coefficient (Wildman–Crippen LogP) is 2.67. The van der Waals surface area contributed by atoms with Crippen LogP contribution in [0, 0.1) is 12.8 Å². The molecule has 0 spiro atoms. The minimum Gasteiger partial charge on any atom is -0.350 e. The number of pyridine rings is 1. The molecule has 1 amide bonds. The van der Waals surface area contributed by atoms with Crippen LogP contribution in [0.3, 0.4) is 0 Å². The lowest BCUT2D eigenvalue weighted by Gasteiger charge is -2.41. The summed E-state index contributed by atoms with van der Waals surface area (Å²) in [5, 5.41) is 3.07. The number of imidazole rings is 1. The Morgan fingerprint density at radius 3 is 2.58 bits per heavy atom. The molecule has 0 radical (unpaired) electrons. The number of hydrogen-bond acceptors (Lipinski definition) is 5. The van der Waals surface area contributed by atoms with Crippen molar-refractivity contribution in [1.29, 1.82) is 0 Å². The second kappa shape index (κ2) is 10.4. The minimum absolute atomic E-state index is 0.135. The molecule has 2 N–H and O–H groups in total. The zero-order valence-electron chi connectivity index (χ0n) is 18.9. The Labute approximate surface area is 185 Å². The van der Waals surface area contributed by atoms with E-state index in [0.717, 1.165) is 63.5 Å². The predicted molar refractivity (Wildman–Crippen MR) is 121 cm³/mol. The lowest BCUT2D eigenvalue weighted by molar-refractivity contribution is -0.126. The molecule has 31 heavy (non-hydrogen) atoms. The molecule has 7 heteroatoms. The first-order chi connectivity index (χ1) is 15.1. The quantitative estimate of drug-likeness (QED) is 0.715. The Balaban J connectivity index is 1.18. The Bertz CT molecular complexity index is 835. The van der Waals surface area contributed by atoms with Gasteiger partial charge in [-0.2, -0.15) is 0 Å². The lowest BCUT2D eigenvalue weighted by atomic mass is 9.92. The van der Waals surface area contributed by atoms with Gasteiger partial charge in [-0.05, 0) is 57.8 Å². The van der Waals surface area contributed by atoms with Crippen LogP contribution < -0.4 is 5.32 Å². The van der Waals surface area contributed by atoms with Gasteiger partial charge >= 0.3 is 0 Å². The number of aromatic amines is 1. The standard InChI is InChI=1S/C24H36N6O/c1-3-23-27-18(2)22(28-23)17-29-12-9-21(10-13-29)30-14-7-19(8-15-30)24(31)26-16-20-6-4-5-11-25-20/h4-6,11,19,21H,3,7-10,12-17H2,1-2H3,(H,26,31)(H,27,28). The number of carbonyl (C=O) groups is 1. The van der Waals surface area contributed by atoms with E-state index in [0.29, 0.717) is 12.6 Å². The van der Waals surface area contributed by atoms with E-state index < -0.39 is 0 Å². The maximum atomic E-state index is 12.5. The van der Waals surface area contributed by atoms with Gasteiger partial charge in [0.25, 0.3) is 0 Å². The average Bonchev–Trinajstić information content (AvgIpc) is 3.18. The summed E-state index contributed by atoms with van der Waals surface area (Å²) in [6, 6.07) is 6.45. The first-order valence-electron chi connectivity index (χ1n) is 11.8. The highest BCUT2D eigenvalue weighted by atomic mass is 16.1. The highest BCUT2D eigenvalue weighted by molar-refractivity contribution is 5.78. The third-order valence-electron chi connectivity index (χ3n) is 6.89. The van der Waals surface area contributed by atoms with Crippen LogP contribution in [0.15, 0.2) is 24.4 Å². The van der Waals surface area contributed by atoms with Crippen LogP contribution in [0.25, 0.3) is 0 Å². The topological polar surface area (TPSA) is 77.2 Å². The van der Waals surface area contributed by atoms with Gasteiger partial charge < -0.3 is 15.2 Å². The number of hydrogen-bond donors (Lipinski definition) is 2. The fourth-order valence-corrected chi connectivity index (χ4v) is 4.89. The number of nitrogens with zero attached hydrogens (tertiary/aromatic N) is 4. The number of H-pyrrole nitrogens is 1. The van der Waals surface area contributed by atoms with Crippen LogP contribution in [0.2, 0.25) is 0 Å². The van der Waals surface area contributed by atoms with E-state index in [9.17, 15) is 4.79 Å². The van der Waals surface area contributed by atoms with Gasteiger partial charge in [0.1, 0.15) is 5.82 Å². The third-order valence-corrected chi connectivity index (χ3v) is 6.89. The molecule has 2 saturated heterocycles. The van der Waals surface area contributed by atoms with Crippen molar-refractivity contribution in [2.24, 2.45) is 5.92 Å². The number of piperidine rings is 2. The van der Waals surface area contributed by atoms with E-state index in [1.54, 1.807) is 6.20 Å². The molecule has 0 aliphatic carbocycles. The third kappa shape index (κ3) is 5.71. The van der Waals surface area contributed by atoms with Gasteiger partial charge in [-0.25, -0.2) is 4.98 Å². The minimum atomic E-state index is 0.135. The normalized spacial score (nSPS) is 19.5. The van der Waals surface area contributed by atoms with Gasteiger partial charge in [-0.3, -0.25) is 14.7 Å². The summed E-state index contributed by atoms with van der Waals surface area (Å²) in [4.78, 5) is 30.1. The summed E-state index contributed by atoms with van der Waals surface area (Å²) in [6.45, 7) is 10.1.